The Bertz CT molecular complexity index is 1760. The first-order valence-corrected chi connectivity index (χ1v) is 25.1. The quantitative estimate of drug-likeness (QED) is 0.119. The third kappa shape index (κ3) is 16.6. The van der Waals surface area contributed by atoms with Gasteiger partial charge in [0.2, 0.25) is 0 Å². The van der Waals surface area contributed by atoms with Crippen LogP contribution in [0, 0.1) is 17.8 Å². The molecule has 19 heteroatoms. The van der Waals surface area contributed by atoms with Crippen LogP contribution in [-0.4, -0.2) is 189 Å². The van der Waals surface area contributed by atoms with Gasteiger partial charge in [0.25, 0.3) is 0 Å². The van der Waals surface area contributed by atoms with Crippen LogP contribution in [0.2, 0.25) is 0 Å². The highest BCUT2D eigenvalue weighted by molar-refractivity contribution is 5.73. The smallest absolute Gasteiger partial charge is 0.309 e. The minimum atomic E-state index is -1.32. The van der Waals surface area contributed by atoms with Gasteiger partial charge in [-0.1, -0.05) is 20.8 Å². The Morgan fingerprint density at radius 3 is 2.21 bits per heavy atom. The fourth-order valence-corrected chi connectivity index (χ4v) is 10.6. The van der Waals surface area contributed by atoms with Crippen molar-refractivity contribution in [1.29, 1.82) is 0 Å². The molecule has 3 aliphatic heterocycles. The molecule has 0 saturated carbocycles. The van der Waals surface area contributed by atoms with E-state index < -0.39 is 121 Å². The van der Waals surface area contributed by atoms with Crippen molar-refractivity contribution in [2.24, 2.45) is 17.8 Å². The number of aliphatic hydroxyl groups is 2. The summed E-state index contributed by atoms with van der Waals surface area (Å²) in [6.45, 7) is 15.2. The normalized spacial score (nSPS) is 35.3. The number of cyclic esters (lactones) is 1. The maximum absolute atomic E-state index is 14.0. The van der Waals surface area contributed by atoms with E-state index in [1.807, 2.05) is 51.9 Å². The Labute approximate surface area is 415 Å². The van der Waals surface area contributed by atoms with Crippen LogP contribution in [0.1, 0.15) is 112 Å². The van der Waals surface area contributed by atoms with Crippen molar-refractivity contribution in [2.45, 2.75) is 198 Å². The molecule has 0 unspecified atom stereocenters. The van der Waals surface area contributed by atoms with Gasteiger partial charge in [-0.2, -0.15) is 0 Å². The molecule has 4 rings (SSSR count). The number of methoxy groups -OCH3 is 3. The summed E-state index contributed by atoms with van der Waals surface area (Å²) < 4.78 is 61.8. The van der Waals surface area contributed by atoms with Crippen molar-refractivity contribution < 1.29 is 76.8 Å². The molecule has 3 saturated heterocycles. The molecule has 2 N–H and O–H groups in total. The third-order valence-electron chi connectivity index (χ3n) is 14.2. The molecule has 3 aliphatic rings. The number of β-amino-alcohol motifs (C(OH)–C–C–N with tert-alkyl or cyclic N) is 1. The molecule has 1 aromatic rings. The first-order valence-electron chi connectivity index (χ1n) is 25.1. The zero-order chi connectivity index (χ0) is 51.9. The number of pyridine rings is 1. The number of rotatable bonds is 18. The van der Waals surface area contributed by atoms with E-state index in [1.165, 1.54) is 28.3 Å². The minimum Gasteiger partial charge on any atom is -0.463 e. The van der Waals surface area contributed by atoms with Crippen molar-refractivity contribution >= 4 is 23.9 Å². The van der Waals surface area contributed by atoms with E-state index in [1.54, 1.807) is 40.1 Å². The third-order valence-corrected chi connectivity index (χ3v) is 14.2. The van der Waals surface area contributed by atoms with Gasteiger partial charge in [-0.3, -0.25) is 24.2 Å². The Morgan fingerprint density at radius 1 is 0.957 bits per heavy atom. The summed E-state index contributed by atoms with van der Waals surface area (Å²) in [6, 6.07) is 3.21. The SMILES string of the molecule is CCC(=O)O[C@@H]1CC(=O)O[C@H](C)CCN(CCCc2ccncc2)C[C@H](O)[C@H](C)C[C@H](CC(OC)OC)[C@H]([C@@H]2O[C@H](C)[C@@H](O[C@H]3C[C@@](C)(OC(C)=O)[C@@H](OC(=O)CC)[C@H](C)O3)[C@H](N(C)C)[C@H]2O)[C@@H]1OC. The number of nitrogens with zero attached hydrogens (tertiary/aromatic N) is 3. The van der Waals surface area contributed by atoms with Gasteiger partial charge in [-0.15, -0.1) is 0 Å². The highest BCUT2D eigenvalue weighted by atomic mass is 16.7. The Hall–Kier alpha value is -3.37. The van der Waals surface area contributed by atoms with Crippen LogP contribution in [0.5, 0.6) is 0 Å². The molecule has 0 bridgehead atoms. The second-order valence-electron chi connectivity index (χ2n) is 19.9. The average molecular weight is 996 g/mol. The van der Waals surface area contributed by atoms with Gasteiger partial charge in [0.15, 0.2) is 24.3 Å². The molecule has 70 heavy (non-hydrogen) atoms. The van der Waals surface area contributed by atoms with E-state index in [0.29, 0.717) is 32.5 Å². The molecule has 4 heterocycles. The molecule has 0 amide bonds. The first-order chi connectivity index (χ1) is 33.2. The summed E-state index contributed by atoms with van der Waals surface area (Å²) in [4.78, 5) is 60.5. The molecule has 16 atom stereocenters. The average Bonchev–Trinajstić information content (AvgIpc) is 3.30. The summed E-state index contributed by atoms with van der Waals surface area (Å²) in [5.41, 5.74) is -0.160. The van der Waals surface area contributed by atoms with Gasteiger partial charge in [-0.25, -0.2) is 0 Å². The zero-order valence-electron chi connectivity index (χ0n) is 44.0. The van der Waals surface area contributed by atoms with Gasteiger partial charge >= 0.3 is 23.9 Å². The predicted octanol–water partition coefficient (Wildman–Crippen LogP) is 4.25. The zero-order valence-corrected chi connectivity index (χ0v) is 44.0. The molecule has 1 aromatic heterocycles. The summed E-state index contributed by atoms with van der Waals surface area (Å²) in [6.07, 6.45) is -4.93. The fraction of sp³-hybridized carbons (Fsp3) is 0.824. The van der Waals surface area contributed by atoms with E-state index >= 15 is 0 Å². The van der Waals surface area contributed by atoms with E-state index in [-0.39, 0.29) is 38.0 Å². The predicted molar refractivity (Wildman–Crippen MR) is 256 cm³/mol. The van der Waals surface area contributed by atoms with Gasteiger partial charge in [0.05, 0.1) is 43.0 Å². The summed E-state index contributed by atoms with van der Waals surface area (Å²) >= 11 is 0. The van der Waals surface area contributed by atoms with E-state index in [2.05, 4.69) is 9.88 Å². The second-order valence-corrected chi connectivity index (χ2v) is 19.9. The molecule has 3 fully saturated rings. The number of hydrogen-bond donors (Lipinski definition) is 2. The highest BCUT2D eigenvalue weighted by Crippen LogP contribution is 2.43. The van der Waals surface area contributed by atoms with Crippen LogP contribution >= 0.6 is 0 Å². The summed E-state index contributed by atoms with van der Waals surface area (Å²) in [7, 11) is 8.15. The Morgan fingerprint density at radius 2 is 1.61 bits per heavy atom. The molecule has 0 aromatic carbocycles. The van der Waals surface area contributed by atoms with Gasteiger partial charge in [-0.05, 0) is 104 Å². The largest absolute Gasteiger partial charge is 0.463 e. The number of carbonyl (C=O) groups excluding carboxylic acids is 4. The maximum Gasteiger partial charge on any atom is 0.309 e. The van der Waals surface area contributed by atoms with Crippen LogP contribution in [0.3, 0.4) is 0 Å². The summed E-state index contributed by atoms with van der Waals surface area (Å²) in [5, 5.41) is 25.1. The van der Waals surface area contributed by atoms with Crippen molar-refractivity contribution in [1.82, 2.24) is 14.8 Å². The van der Waals surface area contributed by atoms with Crippen LogP contribution in [0.15, 0.2) is 24.5 Å². The summed E-state index contributed by atoms with van der Waals surface area (Å²) in [5.74, 6) is -3.91. The molecule has 400 valence electrons. The van der Waals surface area contributed by atoms with E-state index in [0.717, 1.165) is 18.4 Å². The molecule has 0 radical (unpaired) electrons. The fourth-order valence-electron chi connectivity index (χ4n) is 10.6. The number of carbonyl (C=O) groups is 4. The number of ether oxygens (including phenoxy) is 10. The van der Waals surface area contributed by atoms with Crippen LogP contribution in [-0.2, 0) is 73.0 Å². The standard InChI is InChI=1S/C51H85N3O16/c1-14-39(57)67-38-27-41(59)64-31(4)20-24-54(23-16-17-35-18-21-52-22-19-35)29-37(56)30(3)25-36(26-42(61-11)62-12)44(48(38)63-13)49-46(60)45(53(9)10)47(32(5)66-49)69-43-28-51(8,70-34(7)55)50(33(6)65-43)68-40(58)15-2/h18-19,21-22,30-33,36-38,42-50,56,60H,14-17,20,23-29H2,1-13H3/t30-,31-,32-,33+,36-,37+,38-,43+,44+,45-,46-,47-,48-,49+,50+,51-/m1/s1. The van der Waals surface area contributed by atoms with E-state index in [4.69, 9.17) is 47.4 Å². The Balaban J connectivity index is 1.79. The molecular formula is C51H85N3O16. The highest BCUT2D eigenvalue weighted by Gasteiger charge is 2.56. The number of aliphatic hydroxyl groups excluding tert-OH is 2. The minimum absolute atomic E-state index is 0.00504. The van der Waals surface area contributed by atoms with Crippen molar-refractivity contribution in [3.05, 3.63) is 30.1 Å². The molecular weight excluding hydrogens is 911 g/mol. The number of hydrogen-bond acceptors (Lipinski definition) is 19. The van der Waals surface area contributed by atoms with Crippen LogP contribution in [0.4, 0.5) is 0 Å². The Kier molecular flexibility index (Phi) is 23.8. The first kappa shape index (κ1) is 59.2. The molecule has 0 aliphatic carbocycles. The van der Waals surface area contributed by atoms with Crippen LogP contribution < -0.4 is 0 Å². The van der Waals surface area contributed by atoms with Crippen LogP contribution in [0.25, 0.3) is 0 Å². The topological polar surface area (TPSA) is 220 Å². The van der Waals surface area contributed by atoms with Crippen molar-refractivity contribution in [3.63, 3.8) is 0 Å². The number of aromatic nitrogens is 1. The van der Waals surface area contributed by atoms with E-state index in [9.17, 15) is 29.4 Å². The number of likely N-dealkylation sites (N-methyl/N-ethyl adjacent to an activating group) is 1. The van der Waals surface area contributed by atoms with Crippen molar-refractivity contribution in [2.75, 3.05) is 55.1 Å². The van der Waals surface area contributed by atoms with Gasteiger partial charge in [0.1, 0.15) is 24.4 Å². The lowest BCUT2D eigenvalue weighted by molar-refractivity contribution is -0.320. The lowest BCUT2D eigenvalue weighted by atomic mass is 9.70. The number of aryl methyl sites for hydroxylation is 1. The second kappa shape index (κ2) is 28.2. The lowest BCUT2D eigenvalue weighted by Crippen LogP contribution is -2.67. The number of esters is 4. The monoisotopic (exact) mass is 996 g/mol. The van der Waals surface area contributed by atoms with Gasteiger partial charge < -0.3 is 67.4 Å². The molecule has 19 nitrogen and oxygen atoms in total. The maximum atomic E-state index is 14.0. The van der Waals surface area contributed by atoms with Gasteiger partial charge in [0, 0.05) is 85.3 Å². The molecule has 0 spiro atoms. The van der Waals surface area contributed by atoms with Crippen molar-refractivity contribution in [3.8, 4) is 0 Å². The lowest BCUT2D eigenvalue weighted by Gasteiger charge is -2.53.